The molecule has 0 saturated heterocycles. The number of benzene rings is 1. The number of hydrazone groups is 1. The quantitative estimate of drug-likeness (QED) is 0.459. The summed E-state index contributed by atoms with van der Waals surface area (Å²) in [4.78, 5) is 0. The van der Waals surface area contributed by atoms with Crippen LogP contribution in [0.4, 0.5) is 5.69 Å². The van der Waals surface area contributed by atoms with Gasteiger partial charge in [0.2, 0.25) is 0 Å². The van der Waals surface area contributed by atoms with Crippen molar-refractivity contribution < 1.29 is 0 Å². The Bertz CT molecular complexity index is 411. The fourth-order valence-electron chi connectivity index (χ4n) is 0.957. The molecule has 1 aromatic carbocycles. The predicted molar refractivity (Wildman–Crippen MR) is 61.1 cm³/mol. The molecule has 4 nitrogen and oxygen atoms in total. The first-order valence-corrected chi connectivity index (χ1v) is 4.40. The van der Waals surface area contributed by atoms with Crippen LogP contribution in [0.3, 0.4) is 0 Å². The molecule has 15 heavy (non-hydrogen) atoms. The van der Waals surface area contributed by atoms with Gasteiger partial charge in [0.15, 0.2) is 0 Å². The molecular weight excluding hydrogens is 188 g/mol. The molecule has 0 bridgehead atoms. The number of hydrogen-bond acceptors (Lipinski definition) is 4. The Morgan fingerprint density at radius 2 is 2.13 bits per heavy atom. The molecule has 0 aliphatic heterocycles. The zero-order valence-corrected chi connectivity index (χ0v) is 8.51. The van der Waals surface area contributed by atoms with Crippen LogP contribution < -0.4 is 11.0 Å². The molecule has 2 N–H and O–H groups in total. The maximum atomic E-state index is 8.61. The highest BCUT2D eigenvalue weighted by atomic mass is 15.6. The molecule has 0 unspecified atom stereocenters. The van der Waals surface area contributed by atoms with Gasteiger partial charge in [-0.1, -0.05) is 6.58 Å². The van der Waals surface area contributed by atoms with Crippen LogP contribution in [-0.4, -0.2) is 5.71 Å². The maximum Gasteiger partial charge on any atom is 0.0991 e. The van der Waals surface area contributed by atoms with Crippen molar-refractivity contribution in [3.63, 3.8) is 0 Å². The van der Waals surface area contributed by atoms with E-state index >= 15 is 0 Å². The van der Waals surface area contributed by atoms with Crippen LogP contribution in [-0.2, 0) is 0 Å². The zero-order valence-electron chi connectivity index (χ0n) is 8.51. The summed E-state index contributed by atoms with van der Waals surface area (Å²) >= 11 is 0. The Kier molecular flexibility index (Phi) is 3.61. The highest BCUT2D eigenvalue weighted by molar-refractivity contribution is 5.92. The lowest BCUT2D eigenvalue weighted by molar-refractivity contribution is 0.925. The minimum atomic E-state index is 0.594. The van der Waals surface area contributed by atoms with Gasteiger partial charge >= 0.3 is 0 Å². The second-order valence-corrected chi connectivity index (χ2v) is 2.95. The largest absolute Gasteiger partial charge is 0.226 e. The number of nitrogens with zero attached hydrogens (tertiary/aromatic N) is 3. The Labute approximate surface area is 88.9 Å². The van der Waals surface area contributed by atoms with Gasteiger partial charge < -0.3 is 0 Å². The number of hydrazine groups is 1. The molecule has 0 radical (unpaired) electrons. The normalized spacial score (nSPS) is 10.6. The summed E-state index contributed by atoms with van der Waals surface area (Å²) in [5.41, 5.74) is 2.04. The van der Waals surface area contributed by atoms with Gasteiger partial charge in [-0.25, -0.2) is 5.84 Å². The lowest BCUT2D eigenvalue weighted by atomic mass is 10.2. The monoisotopic (exact) mass is 200 g/mol. The van der Waals surface area contributed by atoms with Crippen molar-refractivity contribution in [2.45, 2.75) is 6.92 Å². The smallest absolute Gasteiger partial charge is 0.0991 e. The molecule has 4 heteroatoms. The first-order valence-electron chi connectivity index (χ1n) is 4.40. The third kappa shape index (κ3) is 2.93. The molecule has 1 rings (SSSR count). The minimum absolute atomic E-state index is 0.594. The van der Waals surface area contributed by atoms with Crippen LogP contribution in [0.5, 0.6) is 0 Å². The van der Waals surface area contributed by atoms with Crippen LogP contribution >= 0.6 is 0 Å². The molecule has 1 aromatic rings. The molecule has 0 atom stereocenters. The SMILES string of the molecule is C=C/C(C)=N\N(N)c1ccc(C#N)cc1. The van der Waals surface area contributed by atoms with Crippen molar-refractivity contribution in [1.29, 1.82) is 5.26 Å². The second kappa shape index (κ2) is 4.94. The van der Waals surface area contributed by atoms with Crippen molar-refractivity contribution >= 4 is 11.4 Å². The summed E-state index contributed by atoms with van der Waals surface area (Å²) in [6.45, 7) is 5.38. The number of anilines is 1. The topological polar surface area (TPSA) is 65.4 Å². The highest BCUT2D eigenvalue weighted by Gasteiger charge is 1.99. The average molecular weight is 200 g/mol. The zero-order chi connectivity index (χ0) is 11.3. The molecule has 0 fully saturated rings. The van der Waals surface area contributed by atoms with E-state index in [2.05, 4.69) is 11.7 Å². The molecule has 0 spiro atoms. The van der Waals surface area contributed by atoms with Crippen molar-refractivity contribution in [2.75, 3.05) is 5.12 Å². The summed E-state index contributed by atoms with van der Waals surface area (Å²) in [6.07, 6.45) is 1.61. The van der Waals surface area contributed by atoms with E-state index < -0.39 is 0 Å². The predicted octanol–water partition coefficient (Wildman–Crippen LogP) is 1.80. The summed E-state index contributed by atoms with van der Waals surface area (Å²) in [5.74, 6) is 5.68. The van der Waals surface area contributed by atoms with Crippen molar-refractivity contribution in [3.05, 3.63) is 42.5 Å². The number of nitrogens with two attached hydrogens (primary N) is 1. The fourth-order valence-corrected chi connectivity index (χ4v) is 0.957. The first-order chi connectivity index (χ1) is 7.17. The van der Waals surface area contributed by atoms with Crippen molar-refractivity contribution in [3.8, 4) is 6.07 Å². The maximum absolute atomic E-state index is 8.61. The number of nitriles is 1. The summed E-state index contributed by atoms with van der Waals surface area (Å²) in [6, 6.07) is 8.88. The molecule has 76 valence electrons. The third-order valence-corrected chi connectivity index (χ3v) is 1.82. The Balaban J connectivity index is 2.88. The summed E-state index contributed by atoms with van der Waals surface area (Å²) < 4.78 is 0. The first kappa shape index (κ1) is 11.0. The van der Waals surface area contributed by atoms with E-state index in [1.165, 1.54) is 5.12 Å². The Morgan fingerprint density at radius 3 is 2.60 bits per heavy atom. The number of rotatable bonds is 3. The van der Waals surface area contributed by atoms with Gasteiger partial charge in [0.25, 0.3) is 0 Å². The molecular formula is C11H12N4. The van der Waals surface area contributed by atoms with E-state index in [1.54, 1.807) is 37.3 Å². The highest BCUT2D eigenvalue weighted by Crippen LogP contribution is 2.12. The summed E-state index contributed by atoms with van der Waals surface area (Å²) in [5, 5.41) is 13.9. The van der Waals surface area contributed by atoms with Crippen LogP contribution in [0, 0.1) is 11.3 Å². The molecule has 0 aromatic heterocycles. The van der Waals surface area contributed by atoms with Crippen LogP contribution in [0.25, 0.3) is 0 Å². The standard InChI is InChI=1S/C11H12N4/c1-3-9(2)14-15(13)11-6-4-10(8-12)5-7-11/h3-7H,1,13H2,2H3/b14-9-. The molecule has 0 aliphatic rings. The van der Waals surface area contributed by atoms with Gasteiger partial charge in [0.1, 0.15) is 0 Å². The van der Waals surface area contributed by atoms with Crippen LogP contribution in [0.15, 0.2) is 42.0 Å². The van der Waals surface area contributed by atoms with Gasteiger partial charge in [0.05, 0.1) is 23.0 Å². The van der Waals surface area contributed by atoms with Crippen LogP contribution in [0.2, 0.25) is 0 Å². The lowest BCUT2D eigenvalue weighted by Crippen LogP contribution is -2.25. The van der Waals surface area contributed by atoms with Crippen molar-refractivity contribution in [1.82, 2.24) is 0 Å². The third-order valence-electron chi connectivity index (χ3n) is 1.82. The van der Waals surface area contributed by atoms with E-state index in [0.29, 0.717) is 5.56 Å². The average Bonchev–Trinajstić information content (AvgIpc) is 2.29. The van der Waals surface area contributed by atoms with E-state index in [1.807, 2.05) is 6.07 Å². The Morgan fingerprint density at radius 1 is 1.53 bits per heavy atom. The van der Waals surface area contributed by atoms with E-state index in [9.17, 15) is 0 Å². The molecule has 0 aliphatic carbocycles. The van der Waals surface area contributed by atoms with Gasteiger partial charge in [-0.2, -0.15) is 15.5 Å². The van der Waals surface area contributed by atoms with Gasteiger partial charge in [-0.3, -0.25) is 0 Å². The number of hydrogen-bond donors (Lipinski definition) is 1. The van der Waals surface area contributed by atoms with Crippen LogP contribution in [0.1, 0.15) is 12.5 Å². The minimum Gasteiger partial charge on any atom is -0.226 e. The lowest BCUT2D eigenvalue weighted by Gasteiger charge is -2.12. The van der Waals surface area contributed by atoms with Gasteiger partial charge in [-0.05, 0) is 37.3 Å². The van der Waals surface area contributed by atoms with E-state index in [0.717, 1.165) is 11.4 Å². The Hall–Kier alpha value is -2.12. The van der Waals surface area contributed by atoms with Gasteiger partial charge in [0, 0.05) is 0 Å². The molecule has 0 saturated carbocycles. The van der Waals surface area contributed by atoms with E-state index in [-0.39, 0.29) is 0 Å². The molecule has 0 heterocycles. The number of allylic oxidation sites excluding steroid dienone is 1. The van der Waals surface area contributed by atoms with E-state index in [4.69, 9.17) is 11.1 Å². The molecule has 0 amide bonds. The van der Waals surface area contributed by atoms with Gasteiger partial charge in [-0.15, -0.1) is 0 Å². The summed E-state index contributed by atoms with van der Waals surface area (Å²) in [7, 11) is 0. The van der Waals surface area contributed by atoms with Crippen molar-refractivity contribution in [2.24, 2.45) is 10.9 Å². The second-order valence-electron chi connectivity index (χ2n) is 2.95. The fraction of sp³-hybridized carbons (Fsp3) is 0.0909.